The SMILES string of the molecule is C[C@@H](OC(=O)CCC(=O)c1ccc(F)cc1)C(=O)Nc1cccc([N+](=O)[O-])c1. The summed E-state index contributed by atoms with van der Waals surface area (Å²) in [5, 5.41) is 13.2. The Morgan fingerprint density at radius 2 is 1.82 bits per heavy atom. The van der Waals surface area contributed by atoms with Crippen molar-refractivity contribution in [2.75, 3.05) is 5.32 Å². The van der Waals surface area contributed by atoms with Crippen molar-refractivity contribution in [2.45, 2.75) is 25.9 Å². The lowest BCUT2D eigenvalue weighted by Gasteiger charge is -2.13. The molecule has 1 amide bonds. The third-order valence-electron chi connectivity index (χ3n) is 3.72. The van der Waals surface area contributed by atoms with Crippen LogP contribution in [0.15, 0.2) is 48.5 Å². The van der Waals surface area contributed by atoms with Crippen molar-refractivity contribution in [3.63, 3.8) is 0 Å². The molecule has 2 aromatic carbocycles. The first-order valence-electron chi connectivity index (χ1n) is 8.30. The van der Waals surface area contributed by atoms with Gasteiger partial charge in [0.05, 0.1) is 11.3 Å². The average Bonchev–Trinajstić information content (AvgIpc) is 2.66. The zero-order valence-corrected chi connectivity index (χ0v) is 14.9. The van der Waals surface area contributed by atoms with Gasteiger partial charge in [0.15, 0.2) is 11.9 Å². The number of nitrogens with zero attached hydrogens (tertiary/aromatic N) is 1. The number of non-ortho nitro benzene ring substituents is 1. The number of hydrogen-bond donors (Lipinski definition) is 1. The molecule has 8 nitrogen and oxygen atoms in total. The third-order valence-corrected chi connectivity index (χ3v) is 3.72. The Morgan fingerprint density at radius 1 is 1.14 bits per heavy atom. The van der Waals surface area contributed by atoms with Crippen molar-refractivity contribution in [3.05, 3.63) is 70.0 Å². The number of ether oxygens (including phenoxy) is 1. The summed E-state index contributed by atoms with van der Waals surface area (Å²) in [6.07, 6.45) is -1.55. The molecule has 2 rings (SSSR count). The van der Waals surface area contributed by atoms with Crippen LogP contribution in [0.25, 0.3) is 0 Å². The molecule has 0 fully saturated rings. The van der Waals surface area contributed by atoms with Crippen molar-refractivity contribution in [3.8, 4) is 0 Å². The Balaban J connectivity index is 1.83. The van der Waals surface area contributed by atoms with Crippen molar-refractivity contribution in [1.29, 1.82) is 0 Å². The average molecular weight is 388 g/mol. The first-order chi connectivity index (χ1) is 13.3. The Labute approximate surface area is 159 Å². The van der Waals surface area contributed by atoms with E-state index in [1.165, 1.54) is 43.3 Å². The molecule has 2 aromatic rings. The molecule has 0 unspecified atom stereocenters. The molecule has 146 valence electrons. The van der Waals surface area contributed by atoms with Gasteiger partial charge in [-0.2, -0.15) is 0 Å². The van der Waals surface area contributed by atoms with Crippen LogP contribution < -0.4 is 5.32 Å². The molecule has 1 atom stereocenters. The summed E-state index contributed by atoms with van der Waals surface area (Å²) in [5.41, 5.74) is 0.265. The summed E-state index contributed by atoms with van der Waals surface area (Å²) >= 11 is 0. The largest absolute Gasteiger partial charge is 0.453 e. The summed E-state index contributed by atoms with van der Waals surface area (Å²) in [6, 6.07) is 10.2. The van der Waals surface area contributed by atoms with Crippen LogP contribution in [0, 0.1) is 15.9 Å². The predicted octanol–water partition coefficient (Wildman–Crippen LogP) is 3.27. The summed E-state index contributed by atoms with van der Waals surface area (Å²) in [7, 11) is 0. The Bertz CT molecular complexity index is 898. The van der Waals surface area contributed by atoms with E-state index in [4.69, 9.17) is 4.74 Å². The highest BCUT2D eigenvalue weighted by molar-refractivity contribution is 5.98. The van der Waals surface area contributed by atoms with Crippen molar-refractivity contribution in [2.24, 2.45) is 0 Å². The highest BCUT2D eigenvalue weighted by atomic mass is 19.1. The number of rotatable bonds is 8. The molecule has 0 saturated heterocycles. The molecular formula is C19H17FN2O6. The van der Waals surface area contributed by atoms with E-state index in [-0.39, 0.29) is 35.6 Å². The number of nitrogens with one attached hydrogen (secondary N) is 1. The van der Waals surface area contributed by atoms with Crippen LogP contribution in [0.3, 0.4) is 0 Å². The lowest BCUT2D eigenvalue weighted by Crippen LogP contribution is -2.30. The number of carbonyl (C=O) groups is 3. The van der Waals surface area contributed by atoms with Gasteiger partial charge in [-0.3, -0.25) is 24.5 Å². The molecule has 1 N–H and O–H groups in total. The number of benzene rings is 2. The number of amides is 1. The van der Waals surface area contributed by atoms with E-state index >= 15 is 0 Å². The van der Waals surface area contributed by atoms with Gasteiger partial charge in [0.1, 0.15) is 5.82 Å². The minimum Gasteiger partial charge on any atom is -0.453 e. The van der Waals surface area contributed by atoms with Gasteiger partial charge in [-0.1, -0.05) is 6.07 Å². The van der Waals surface area contributed by atoms with Gasteiger partial charge in [0.25, 0.3) is 11.6 Å². The van der Waals surface area contributed by atoms with Gasteiger partial charge in [-0.05, 0) is 37.3 Å². The van der Waals surface area contributed by atoms with E-state index in [1.54, 1.807) is 0 Å². The number of carbonyl (C=O) groups excluding carboxylic acids is 3. The molecule has 28 heavy (non-hydrogen) atoms. The summed E-state index contributed by atoms with van der Waals surface area (Å²) in [4.78, 5) is 46.0. The lowest BCUT2D eigenvalue weighted by molar-refractivity contribution is -0.384. The second kappa shape index (κ2) is 9.36. The molecule has 9 heteroatoms. The van der Waals surface area contributed by atoms with Crippen molar-refractivity contribution >= 4 is 29.0 Å². The fourth-order valence-electron chi connectivity index (χ4n) is 2.25. The van der Waals surface area contributed by atoms with Gasteiger partial charge in [0, 0.05) is 29.8 Å². The van der Waals surface area contributed by atoms with Crippen LogP contribution >= 0.6 is 0 Å². The van der Waals surface area contributed by atoms with E-state index in [2.05, 4.69) is 5.32 Å². The summed E-state index contributed by atoms with van der Waals surface area (Å²) in [5.74, 6) is -2.25. The number of esters is 1. The van der Waals surface area contributed by atoms with Gasteiger partial charge in [-0.25, -0.2) is 4.39 Å². The van der Waals surface area contributed by atoms with E-state index in [0.29, 0.717) is 0 Å². The quantitative estimate of drug-likeness (QED) is 0.321. The van der Waals surface area contributed by atoms with E-state index in [9.17, 15) is 28.9 Å². The van der Waals surface area contributed by atoms with Crippen LogP contribution in [-0.2, 0) is 14.3 Å². The number of Topliss-reactive ketones (excluding diaryl/α,β-unsaturated/α-hetero) is 1. The second-order valence-electron chi connectivity index (χ2n) is 5.86. The Hall–Kier alpha value is -3.62. The summed E-state index contributed by atoms with van der Waals surface area (Å²) < 4.78 is 17.8. The molecular weight excluding hydrogens is 371 g/mol. The van der Waals surface area contributed by atoms with Crippen LogP contribution in [0.5, 0.6) is 0 Å². The lowest BCUT2D eigenvalue weighted by atomic mass is 10.1. The predicted molar refractivity (Wildman–Crippen MR) is 97.2 cm³/mol. The number of anilines is 1. The van der Waals surface area contributed by atoms with Crippen LogP contribution in [0.4, 0.5) is 15.8 Å². The first-order valence-corrected chi connectivity index (χ1v) is 8.30. The third kappa shape index (κ3) is 5.97. The maximum atomic E-state index is 12.8. The molecule has 0 spiro atoms. The molecule has 0 aliphatic rings. The van der Waals surface area contributed by atoms with E-state index in [1.807, 2.05) is 0 Å². The molecule has 0 bridgehead atoms. The van der Waals surface area contributed by atoms with Crippen molar-refractivity contribution < 1.29 is 28.4 Å². The normalized spacial score (nSPS) is 11.4. The Kier molecular flexibility index (Phi) is 6.91. The molecule has 0 aliphatic heterocycles. The van der Waals surface area contributed by atoms with Gasteiger partial charge >= 0.3 is 5.97 Å². The monoisotopic (exact) mass is 388 g/mol. The molecule has 0 aliphatic carbocycles. The Morgan fingerprint density at radius 3 is 2.46 bits per heavy atom. The fourth-order valence-corrected chi connectivity index (χ4v) is 2.25. The zero-order valence-electron chi connectivity index (χ0n) is 14.9. The highest BCUT2D eigenvalue weighted by Gasteiger charge is 2.19. The molecule has 0 saturated carbocycles. The van der Waals surface area contributed by atoms with E-state index < -0.39 is 28.7 Å². The van der Waals surface area contributed by atoms with E-state index in [0.717, 1.165) is 12.1 Å². The number of halogens is 1. The second-order valence-corrected chi connectivity index (χ2v) is 5.86. The minimum absolute atomic E-state index is 0.149. The minimum atomic E-state index is -1.16. The molecule has 0 radical (unpaired) electrons. The number of nitro groups is 1. The standard InChI is InChI=1S/C19H17FN2O6/c1-12(19(25)21-15-3-2-4-16(11-15)22(26)27)28-18(24)10-9-17(23)13-5-7-14(20)8-6-13/h2-8,11-12H,9-10H2,1H3,(H,21,25)/t12-/m1/s1. The smallest absolute Gasteiger partial charge is 0.307 e. The van der Waals surface area contributed by atoms with Crippen molar-refractivity contribution in [1.82, 2.24) is 0 Å². The van der Waals surface area contributed by atoms with Gasteiger partial charge in [0.2, 0.25) is 0 Å². The topological polar surface area (TPSA) is 116 Å². The number of hydrogen-bond acceptors (Lipinski definition) is 6. The first kappa shape index (κ1) is 20.7. The van der Waals surface area contributed by atoms with Gasteiger partial charge < -0.3 is 10.1 Å². The zero-order chi connectivity index (χ0) is 20.7. The van der Waals surface area contributed by atoms with Gasteiger partial charge in [-0.15, -0.1) is 0 Å². The maximum absolute atomic E-state index is 12.8. The number of nitro benzene ring substituents is 1. The highest BCUT2D eigenvalue weighted by Crippen LogP contribution is 2.17. The molecule has 0 aromatic heterocycles. The van der Waals surface area contributed by atoms with Crippen LogP contribution in [-0.4, -0.2) is 28.7 Å². The molecule has 0 heterocycles. The fraction of sp³-hybridized carbons (Fsp3) is 0.211. The maximum Gasteiger partial charge on any atom is 0.307 e. The summed E-state index contributed by atoms with van der Waals surface area (Å²) in [6.45, 7) is 1.34. The van der Waals surface area contributed by atoms with Crippen LogP contribution in [0.2, 0.25) is 0 Å². The number of ketones is 1. The van der Waals surface area contributed by atoms with Crippen LogP contribution in [0.1, 0.15) is 30.1 Å².